The number of cyclic esters (lactones) is 2. The second kappa shape index (κ2) is 45.7. The Morgan fingerprint density at radius 3 is 1.22 bits per heavy atom. The Morgan fingerprint density at radius 2 is 0.866 bits per heavy atom. The first-order valence-electron chi connectivity index (χ1n) is 39.6. The number of amides is 3. The third kappa shape index (κ3) is 37.7. The highest BCUT2D eigenvalue weighted by Gasteiger charge is 2.42. The number of hydrogen-bond donors (Lipinski definition) is 4. The smallest absolute Gasteiger partial charge is 0.408 e. The molecule has 6 aromatic carbocycles. The van der Waals surface area contributed by atoms with Gasteiger partial charge in [0.15, 0.2) is 9.76 Å². The van der Waals surface area contributed by atoms with Gasteiger partial charge in [-0.3, -0.25) is 14.4 Å². The number of alkyl carbamates (subject to hydrolysis) is 3. The number of carbonyl (C=O) groups is 6. The molecule has 0 aromatic heterocycles. The zero-order chi connectivity index (χ0) is 83.0. The average molecular weight is 1680 g/mol. The molecule has 2 aliphatic rings. The minimum Gasteiger partial charge on any atom is -0.489 e. The molecule has 2 aliphatic heterocycles. The normalized spacial score (nSPS) is 16.5. The Labute approximate surface area is 684 Å². The maximum atomic E-state index is 12.9. The van der Waals surface area contributed by atoms with Gasteiger partial charge in [0.1, 0.15) is 66.1 Å². The summed E-state index contributed by atoms with van der Waals surface area (Å²) >= 11 is 2.35. The van der Waals surface area contributed by atoms with E-state index in [-0.39, 0.29) is 71.0 Å². The Hall–Kier alpha value is -8.15. The summed E-state index contributed by atoms with van der Waals surface area (Å²) in [5, 5.41) is 19.1. The number of ether oxygens (including phenoxy) is 8. The number of hydrogen-bond acceptors (Lipinski definition) is 15. The van der Waals surface area contributed by atoms with Gasteiger partial charge in [-0.05, 0) is 212 Å². The number of esters is 2. The number of alkyl halides is 1. The van der Waals surface area contributed by atoms with Gasteiger partial charge in [0.2, 0.25) is 0 Å². The zero-order valence-electron chi connectivity index (χ0n) is 70.3. The molecule has 0 radical (unpaired) electrons. The summed E-state index contributed by atoms with van der Waals surface area (Å²) in [6.07, 6.45) is 2.48. The first-order valence-corrected chi connectivity index (χ1v) is 42.4. The van der Waals surface area contributed by atoms with E-state index in [0.29, 0.717) is 76.6 Å². The molecular formula is C91H130IN3O16Si. The Balaban J connectivity index is 0.000000286. The molecule has 6 aromatic rings. The summed E-state index contributed by atoms with van der Waals surface area (Å²) in [6, 6.07) is 53.1. The van der Waals surface area contributed by atoms with E-state index in [1.807, 2.05) is 202 Å². The molecule has 112 heavy (non-hydrogen) atoms. The SMILES string of the molecule is CC(C)C[C@H](NC(=O)OC(C)(C)C)[C@@H]1CCC(=O)O1.CC(C)C[C@H](NC(=O)OC(C)(C)C)[C@@H]1C[C@@H](Cc2ccc(OCc3ccccc3)cc2)C(=O)O1.CC(C)C[C@H](NC(=O)OC(C)(C)C)[C@H](C[C@@H](Cc1ccc(OCc2ccccc2)cc1)C(=O)O)O[SiH2]C(C)(C)C(C)(C)C.ICc1ccc(OCc2ccccc2)cc1. The van der Waals surface area contributed by atoms with E-state index >= 15 is 0 Å². The molecule has 2 saturated heterocycles. The van der Waals surface area contributed by atoms with Crippen molar-refractivity contribution in [1.82, 2.24) is 16.0 Å². The standard InChI is InChI=1S/C35H55NO6Si.C28H37NO5.C14H13IO.C14H25NO4/c1-24(2)20-29(36-32(39)41-34(6,7)8)30(42-43-35(9,10)33(3,4)5)22-27(31(37)38)21-25-16-18-28(19-17-25)40-23-26-14-12-11-13-15-26;1-19(2)15-24(29-27(31)34-28(3,4)5)25-17-22(26(30)33-25)16-20-11-13-23(14-12-20)32-18-21-9-7-6-8-10-21;15-10-12-6-8-14(9-7-12)16-11-13-4-2-1-3-5-13;1-9(2)8-10(11-6-7-12(16)18-11)15-13(17)19-14(3,4)5/h11-19,24,27,29-30H,20-23,43H2,1-10H3,(H,36,39)(H,37,38);6-14,19,22,24-25H,15-18H2,1-5H3,(H,29,31);1-9H,10-11H2;9-11H,6-8H2,1-5H3,(H,15,17)/t27-,29+,30+;22-,24+,25+;;10-,11-/m11.0/s1. The van der Waals surface area contributed by atoms with Crippen LogP contribution in [0.15, 0.2) is 164 Å². The lowest BCUT2D eigenvalue weighted by atomic mass is 9.82. The van der Waals surface area contributed by atoms with Gasteiger partial charge in [-0.1, -0.05) is 226 Å². The average Bonchev–Trinajstić information content (AvgIpc) is 1.04. The van der Waals surface area contributed by atoms with Crippen LogP contribution in [0.5, 0.6) is 17.2 Å². The molecule has 3 amide bonds. The van der Waals surface area contributed by atoms with Gasteiger partial charge in [0.25, 0.3) is 0 Å². The third-order valence-electron chi connectivity index (χ3n) is 18.9. The van der Waals surface area contributed by atoms with Crippen molar-refractivity contribution in [3.8, 4) is 17.2 Å². The van der Waals surface area contributed by atoms with Crippen LogP contribution in [0.25, 0.3) is 0 Å². The number of halogens is 1. The number of carboxylic acids is 1. The first-order chi connectivity index (χ1) is 52.5. The lowest BCUT2D eigenvalue weighted by molar-refractivity contribution is -0.145. The largest absolute Gasteiger partial charge is 0.489 e. The lowest BCUT2D eigenvalue weighted by Crippen LogP contribution is -2.49. The zero-order valence-corrected chi connectivity index (χ0v) is 73.9. The summed E-state index contributed by atoms with van der Waals surface area (Å²) in [6.45, 7) is 41.6. The van der Waals surface area contributed by atoms with E-state index in [1.54, 1.807) is 0 Å². The third-order valence-corrected chi connectivity index (χ3v) is 22.1. The molecule has 21 heteroatoms. The summed E-state index contributed by atoms with van der Waals surface area (Å²) in [7, 11) is -1.13. The van der Waals surface area contributed by atoms with Crippen LogP contribution in [0, 0.1) is 35.0 Å². The van der Waals surface area contributed by atoms with E-state index in [9.17, 15) is 33.9 Å². The molecule has 0 aliphatic carbocycles. The maximum Gasteiger partial charge on any atom is 0.408 e. The highest BCUT2D eigenvalue weighted by atomic mass is 127. The molecule has 8 rings (SSSR count). The molecule has 19 nitrogen and oxygen atoms in total. The van der Waals surface area contributed by atoms with Gasteiger partial charge >= 0.3 is 36.2 Å². The summed E-state index contributed by atoms with van der Waals surface area (Å²) in [5.74, 6) is 1.23. The monoisotopic (exact) mass is 1680 g/mol. The number of carbonyl (C=O) groups excluding carboxylic acids is 5. The number of rotatable bonds is 32. The number of nitrogens with one attached hydrogen (secondary N) is 3. The fourth-order valence-corrected chi connectivity index (χ4v) is 14.0. The van der Waals surface area contributed by atoms with Crippen LogP contribution in [0.2, 0.25) is 5.04 Å². The van der Waals surface area contributed by atoms with Crippen molar-refractivity contribution in [2.75, 3.05) is 0 Å². The highest BCUT2D eigenvalue weighted by Crippen LogP contribution is 2.44. The summed E-state index contributed by atoms with van der Waals surface area (Å²) < 4.78 is 52.4. The van der Waals surface area contributed by atoms with E-state index in [2.05, 4.69) is 139 Å². The van der Waals surface area contributed by atoms with Crippen LogP contribution in [0.1, 0.15) is 217 Å². The minimum absolute atomic E-state index is 0.0203. The van der Waals surface area contributed by atoms with Gasteiger partial charge in [0.05, 0.1) is 36.1 Å². The molecule has 2 heterocycles. The van der Waals surface area contributed by atoms with E-state index in [1.165, 1.54) is 11.1 Å². The predicted molar refractivity (Wildman–Crippen MR) is 454 cm³/mol. The number of benzene rings is 6. The van der Waals surface area contributed by atoms with Crippen molar-refractivity contribution in [2.24, 2.45) is 35.0 Å². The van der Waals surface area contributed by atoms with Crippen LogP contribution in [0.4, 0.5) is 14.4 Å². The fraction of sp³-hybridized carbons (Fsp3) is 0.538. The minimum atomic E-state index is -1.13. The molecule has 0 spiro atoms. The van der Waals surface area contributed by atoms with Crippen LogP contribution in [-0.4, -0.2) is 104 Å². The highest BCUT2D eigenvalue weighted by molar-refractivity contribution is 14.1. The van der Waals surface area contributed by atoms with Crippen molar-refractivity contribution < 1.29 is 76.2 Å². The van der Waals surface area contributed by atoms with Crippen molar-refractivity contribution >= 4 is 68.5 Å². The number of carboxylic acid groups (broad SMARTS) is 1. The maximum absolute atomic E-state index is 12.9. The molecule has 8 atom stereocenters. The van der Waals surface area contributed by atoms with Crippen molar-refractivity contribution in [3.63, 3.8) is 0 Å². The second-order valence-corrected chi connectivity index (χ2v) is 38.3. The number of aliphatic carboxylic acids is 1. The van der Waals surface area contributed by atoms with Crippen LogP contribution in [-0.2, 0) is 79.6 Å². The van der Waals surface area contributed by atoms with E-state index in [0.717, 1.165) is 50.4 Å². The van der Waals surface area contributed by atoms with Gasteiger partial charge in [-0.15, -0.1) is 0 Å². The molecule has 616 valence electrons. The Kier molecular flexibility index (Phi) is 38.5. The van der Waals surface area contributed by atoms with Crippen molar-refractivity contribution in [2.45, 2.75) is 279 Å². The fourth-order valence-electron chi connectivity index (χ4n) is 12.1. The van der Waals surface area contributed by atoms with Crippen molar-refractivity contribution in [3.05, 3.63) is 197 Å². The van der Waals surface area contributed by atoms with Gasteiger partial charge in [-0.2, -0.15) is 0 Å². The molecule has 0 saturated carbocycles. The molecule has 0 bridgehead atoms. The van der Waals surface area contributed by atoms with Gasteiger partial charge < -0.3 is 63.4 Å². The topological polar surface area (TPSA) is 242 Å². The quantitative estimate of drug-likeness (QED) is 0.0101. The molecular weight excluding hydrogens is 1550 g/mol. The Morgan fingerprint density at radius 1 is 0.482 bits per heavy atom. The van der Waals surface area contributed by atoms with Gasteiger partial charge in [-0.25, -0.2) is 14.4 Å². The molecule has 2 fully saturated rings. The lowest BCUT2D eigenvalue weighted by Gasteiger charge is -2.40. The van der Waals surface area contributed by atoms with Crippen LogP contribution >= 0.6 is 22.6 Å². The molecule has 0 unspecified atom stereocenters. The van der Waals surface area contributed by atoms with Crippen LogP contribution in [0.3, 0.4) is 0 Å². The predicted octanol–water partition coefficient (Wildman–Crippen LogP) is 20.1. The summed E-state index contributed by atoms with van der Waals surface area (Å²) in [4.78, 5) is 73.5. The second-order valence-electron chi connectivity index (χ2n) is 35.2. The van der Waals surface area contributed by atoms with E-state index < -0.39 is 62.8 Å². The first kappa shape index (κ1) is 94.4. The molecule has 4 N–H and O–H groups in total. The van der Waals surface area contributed by atoms with Crippen molar-refractivity contribution in [1.29, 1.82) is 0 Å². The van der Waals surface area contributed by atoms with Gasteiger partial charge in [0, 0.05) is 10.8 Å². The Bertz CT molecular complexity index is 3760. The van der Waals surface area contributed by atoms with Crippen LogP contribution < -0.4 is 30.2 Å². The summed E-state index contributed by atoms with van der Waals surface area (Å²) in [5.41, 5.74) is 4.94. The van der Waals surface area contributed by atoms with E-state index in [4.69, 9.17) is 42.3 Å².